The fourth-order valence-corrected chi connectivity index (χ4v) is 3.27. The van der Waals surface area contributed by atoms with E-state index < -0.39 is 0 Å². The molecule has 3 aromatic rings. The Bertz CT molecular complexity index is 1080. The molecule has 0 spiro atoms. The summed E-state index contributed by atoms with van der Waals surface area (Å²) in [5, 5.41) is 16.9. The number of hydrogen-bond acceptors (Lipinski definition) is 4. The summed E-state index contributed by atoms with van der Waals surface area (Å²) in [5.74, 6) is 0.613. The molecule has 0 saturated heterocycles. The van der Waals surface area contributed by atoms with Gasteiger partial charge in [-0.1, -0.05) is 17.7 Å². The van der Waals surface area contributed by atoms with Gasteiger partial charge in [0.15, 0.2) is 0 Å². The lowest BCUT2D eigenvalue weighted by atomic mass is 10.1. The fourth-order valence-electron chi connectivity index (χ4n) is 3.05. The number of imidazole rings is 1. The van der Waals surface area contributed by atoms with Crippen LogP contribution in [-0.2, 0) is 0 Å². The first-order chi connectivity index (χ1) is 13.8. The molecule has 3 rings (SSSR count). The van der Waals surface area contributed by atoms with Crippen LogP contribution in [0.25, 0.3) is 11.3 Å². The number of hydrogen-bond donors (Lipinski definition) is 1. The summed E-state index contributed by atoms with van der Waals surface area (Å²) >= 11 is 6.11. The van der Waals surface area contributed by atoms with Crippen LogP contribution < -0.4 is 5.32 Å². The summed E-state index contributed by atoms with van der Waals surface area (Å²) < 4.78 is 3.76. The Balaban J connectivity index is 1.65. The summed E-state index contributed by atoms with van der Waals surface area (Å²) in [7, 11) is 0. The third kappa shape index (κ3) is 4.49. The Morgan fingerprint density at radius 3 is 2.69 bits per heavy atom. The van der Waals surface area contributed by atoms with Gasteiger partial charge in [-0.2, -0.15) is 10.4 Å². The molecule has 29 heavy (non-hydrogen) atoms. The molecule has 150 valence electrons. The smallest absolute Gasteiger partial charge is 0.271 e. The Labute approximate surface area is 174 Å². The molecule has 7 nitrogen and oxygen atoms in total. The largest absolute Gasteiger partial charge is 0.349 e. The SMILES string of the molecule is Cc1nc(C(=O)NC[C@H](C)n2ccc(-c3ccc(C#N)c(Cl)c3)n2)cn1C(C)C. The van der Waals surface area contributed by atoms with Crippen LogP contribution in [0.5, 0.6) is 0 Å². The van der Waals surface area contributed by atoms with E-state index in [0.717, 1.165) is 17.1 Å². The molecule has 0 saturated carbocycles. The lowest BCUT2D eigenvalue weighted by molar-refractivity contribution is 0.0943. The van der Waals surface area contributed by atoms with Gasteiger partial charge in [0.05, 0.1) is 22.3 Å². The van der Waals surface area contributed by atoms with Crippen molar-refractivity contribution in [3.05, 3.63) is 58.8 Å². The van der Waals surface area contributed by atoms with Crippen molar-refractivity contribution in [1.29, 1.82) is 5.26 Å². The number of aromatic nitrogens is 4. The maximum absolute atomic E-state index is 12.4. The number of carbonyl (C=O) groups excluding carboxylic acids is 1. The minimum atomic E-state index is -0.203. The van der Waals surface area contributed by atoms with Gasteiger partial charge in [0.2, 0.25) is 0 Å². The monoisotopic (exact) mass is 410 g/mol. The van der Waals surface area contributed by atoms with Crippen molar-refractivity contribution in [1.82, 2.24) is 24.6 Å². The summed E-state index contributed by atoms with van der Waals surface area (Å²) in [6, 6.07) is 9.35. The minimum absolute atomic E-state index is 0.0464. The second kappa shape index (κ2) is 8.50. The zero-order chi connectivity index (χ0) is 21.1. The van der Waals surface area contributed by atoms with Gasteiger partial charge in [-0.3, -0.25) is 9.48 Å². The van der Waals surface area contributed by atoms with Crippen LogP contribution in [0.15, 0.2) is 36.7 Å². The predicted octanol–water partition coefficient (Wildman–Crippen LogP) is 4.15. The number of amides is 1. The van der Waals surface area contributed by atoms with Gasteiger partial charge in [-0.15, -0.1) is 0 Å². The van der Waals surface area contributed by atoms with Gasteiger partial charge in [0.25, 0.3) is 5.91 Å². The van der Waals surface area contributed by atoms with Crippen molar-refractivity contribution >= 4 is 17.5 Å². The molecule has 1 aromatic carbocycles. The average Bonchev–Trinajstić information content (AvgIpc) is 3.33. The van der Waals surface area contributed by atoms with Crippen molar-refractivity contribution in [2.45, 2.75) is 39.8 Å². The van der Waals surface area contributed by atoms with E-state index in [0.29, 0.717) is 22.8 Å². The fraction of sp³-hybridized carbons (Fsp3) is 0.333. The Morgan fingerprint density at radius 2 is 2.07 bits per heavy atom. The molecule has 2 heterocycles. The number of aryl methyl sites for hydroxylation is 1. The molecule has 1 amide bonds. The maximum atomic E-state index is 12.4. The minimum Gasteiger partial charge on any atom is -0.349 e. The first-order valence-electron chi connectivity index (χ1n) is 9.39. The third-order valence-electron chi connectivity index (χ3n) is 4.71. The molecule has 0 bridgehead atoms. The molecule has 8 heteroatoms. The van der Waals surface area contributed by atoms with E-state index in [1.807, 2.05) is 42.8 Å². The number of nitrogens with zero attached hydrogens (tertiary/aromatic N) is 5. The van der Waals surface area contributed by atoms with Crippen LogP contribution in [-0.4, -0.2) is 31.8 Å². The highest BCUT2D eigenvalue weighted by Crippen LogP contribution is 2.24. The molecule has 0 unspecified atom stereocenters. The highest BCUT2D eigenvalue weighted by atomic mass is 35.5. The van der Waals surface area contributed by atoms with Gasteiger partial charge in [0.1, 0.15) is 17.6 Å². The first-order valence-corrected chi connectivity index (χ1v) is 9.76. The molecular formula is C21H23ClN6O. The molecule has 2 aromatic heterocycles. The highest BCUT2D eigenvalue weighted by molar-refractivity contribution is 6.32. The van der Waals surface area contributed by atoms with Crippen LogP contribution in [0.1, 0.15) is 54.7 Å². The third-order valence-corrected chi connectivity index (χ3v) is 5.02. The van der Waals surface area contributed by atoms with E-state index in [4.69, 9.17) is 16.9 Å². The number of nitriles is 1. The summed E-state index contributed by atoms with van der Waals surface area (Å²) in [5.41, 5.74) is 2.43. The lowest BCUT2D eigenvalue weighted by Gasteiger charge is -2.13. The van der Waals surface area contributed by atoms with E-state index >= 15 is 0 Å². The van der Waals surface area contributed by atoms with Gasteiger partial charge < -0.3 is 9.88 Å². The molecule has 0 fully saturated rings. The van der Waals surface area contributed by atoms with Gasteiger partial charge in [-0.25, -0.2) is 4.98 Å². The summed E-state index contributed by atoms with van der Waals surface area (Å²) in [4.78, 5) is 16.8. The number of rotatable bonds is 6. The van der Waals surface area contributed by atoms with Crippen molar-refractivity contribution in [2.24, 2.45) is 0 Å². The molecule has 1 atom stereocenters. The van der Waals surface area contributed by atoms with Crippen molar-refractivity contribution in [3.63, 3.8) is 0 Å². The zero-order valence-electron chi connectivity index (χ0n) is 16.8. The van der Waals surface area contributed by atoms with E-state index in [-0.39, 0.29) is 18.0 Å². The summed E-state index contributed by atoms with van der Waals surface area (Å²) in [6.07, 6.45) is 3.64. The van der Waals surface area contributed by atoms with Crippen molar-refractivity contribution < 1.29 is 4.79 Å². The zero-order valence-corrected chi connectivity index (χ0v) is 17.6. The summed E-state index contributed by atoms with van der Waals surface area (Å²) in [6.45, 7) is 8.38. The highest BCUT2D eigenvalue weighted by Gasteiger charge is 2.15. The molecule has 1 N–H and O–H groups in total. The second-order valence-electron chi connectivity index (χ2n) is 7.22. The van der Waals surface area contributed by atoms with E-state index in [1.165, 1.54) is 0 Å². The molecule has 0 radical (unpaired) electrons. The van der Waals surface area contributed by atoms with E-state index in [1.54, 1.807) is 23.0 Å². The standard InChI is InChI=1S/C21H23ClN6O/c1-13(2)27-12-20(25-15(27)4)21(29)24-11-14(3)28-8-7-19(26-28)16-5-6-17(10-23)18(22)9-16/h5-9,12-14H,11H2,1-4H3,(H,24,29)/t14-/m0/s1. The number of halogens is 1. The first kappa shape index (κ1) is 20.6. The van der Waals surface area contributed by atoms with E-state index in [2.05, 4.69) is 29.2 Å². The Morgan fingerprint density at radius 1 is 1.31 bits per heavy atom. The van der Waals surface area contributed by atoms with Gasteiger partial charge >= 0.3 is 0 Å². The van der Waals surface area contributed by atoms with Gasteiger partial charge in [-0.05, 0) is 45.9 Å². The van der Waals surface area contributed by atoms with Crippen LogP contribution in [0.3, 0.4) is 0 Å². The quantitative estimate of drug-likeness (QED) is 0.661. The van der Waals surface area contributed by atoms with Crippen LogP contribution in [0.4, 0.5) is 0 Å². The lowest BCUT2D eigenvalue weighted by Crippen LogP contribution is -2.30. The number of nitrogens with one attached hydrogen (secondary N) is 1. The van der Waals surface area contributed by atoms with Crippen LogP contribution in [0.2, 0.25) is 5.02 Å². The average molecular weight is 411 g/mol. The maximum Gasteiger partial charge on any atom is 0.271 e. The van der Waals surface area contributed by atoms with Crippen LogP contribution in [0, 0.1) is 18.3 Å². The molecule has 0 aliphatic heterocycles. The molecule has 0 aliphatic carbocycles. The van der Waals surface area contributed by atoms with Crippen molar-refractivity contribution in [3.8, 4) is 17.3 Å². The van der Waals surface area contributed by atoms with Crippen molar-refractivity contribution in [2.75, 3.05) is 6.54 Å². The van der Waals surface area contributed by atoms with E-state index in [9.17, 15) is 4.79 Å². The Kier molecular flexibility index (Phi) is 6.04. The van der Waals surface area contributed by atoms with Crippen LogP contribution >= 0.6 is 11.6 Å². The molecule has 0 aliphatic rings. The van der Waals surface area contributed by atoms with Gasteiger partial charge in [0, 0.05) is 30.5 Å². The molecular weight excluding hydrogens is 388 g/mol. The number of benzene rings is 1. The normalized spacial score (nSPS) is 12.0. The predicted molar refractivity (Wildman–Crippen MR) is 112 cm³/mol. The topological polar surface area (TPSA) is 88.5 Å². The number of carbonyl (C=O) groups is 1. The second-order valence-corrected chi connectivity index (χ2v) is 7.63. The Hall–Kier alpha value is -3.11.